The maximum Gasteiger partial charge on any atom is 0.137 e. The minimum absolute atomic E-state index is 0.0511. The van der Waals surface area contributed by atoms with Gasteiger partial charge >= 0.3 is 0 Å². The van der Waals surface area contributed by atoms with E-state index in [4.69, 9.17) is 25.8 Å². The molecular weight excluding hydrogens is 560 g/mol. The molecular formula is C35H55ClN4O3. The molecule has 1 aliphatic heterocycles. The van der Waals surface area contributed by atoms with E-state index in [-0.39, 0.29) is 24.2 Å². The third-order valence-corrected chi connectivity index (χ3v) is 8.11. The summed E-state index contributed by atoms with van der Waals surface area (Å²) in [5.74, 6) is 1.87. The van der Waals surface area contributed by atoms with Gasteiger partial charge in [-0.3, -0.25) is 4.68 Å². The molecule has 240 valence electrons. The van der Waals surface area contributed by atoms with Crippen molar-refractivity contribution in [2.24, 2.45) is 17.8 Å². The third-order valence-electron chi connectivity index (χ3n) is 7.82. The van der Waals surface area contributed by atoms with Gasteiger partial charge in [0.25, 0.3) is 0 Å². The first-order chi connectivity index (χ1) is 20.6. The highest BCUT2D eigenvalue weighted by Gasteiger charge is 2.20. The average Bonchev–Trinajstić information content (AvgIpc) is 3.44. The van der Waals surface area contributed by atoms with E-state index in [1.165, 1.54) is 5.56 Å². The first kappa shape index (κ1) is 35.3. The Morgan fingerprint density at radius 1 is 1.12 bits per heavy atom. The molecule has 0 saturated carbocycles. The van der Waals surface area contributed by atoms with Crippen molar-refractivity contribution in [3.63, 3.8) is 0 Å². The fourth-order valence-corrected chi connectivity index (χ4v) is 5.51. The van der Waals surface area contributed by atoms with Crippen LogP contribution in [0.25, 0.3) is 6.08 Å². The first-order valence-electron chi connectivity index (χ1n) is 16.0. The fraction of sp³-hybridized carbons (Fsp3) is 0.629. The van der Waals surface area contributed by atoms with Crippen molar-refractivity contribution < 1.29 is 14.2 Å². The Hall–Kier alpha value is -2.16. The molecule has 2 N–H and O–H groups in total. The molecule has 0 saturated heterocycles. The van der Waals surface area contributed by atoms with Gasteiger partial charge in [0.15, 0.2) is 0 Å². The predicted molar refractivity (Wildman–Crippen MR) is 179 cm³/mol. The quantitative estimate of drug-likeness (QED) is 0.297. The lowest BCUT2D eigenvalue weighted by atomic mass is 9.99. The molecule has 1 aliphatic rings. The number of hydrogen-bond donors (Lipinski definition) is 2. The van der Waals surface area contributed by atoms with Gasteiger partial charge in [0.2, 0.25) is 0 Å². The minimum Gasteiger partial charge on any atom is -0.495 e. The summed E-state index contributed by atoms with van der Waals surface area (Å²) >= 11 is 6.42. The number of nitrogens with zero attached hydrogens (tertiary/aromatic N) is 2. The summed E-state index contributed by atoms with van der Waals surface area (Å²) in [5.41, 5.74) is 2.30. The minimum atomic E-state index is 0.0511. The molecule has 0 aliphatic carbocycles. The smallest absolute Gasteiger partial charge is 0.137 e. The van der Waals surface area contributed by atoms with Gasteiger partial charge in [-0.25, -0.2) is 0 Å². The van der Waals surface area contributed by atoms with Crippen LogP contribution >= 0.6 is 11.6 Å². The van der Waals surface area contributed by atoms with E-state index in [1.54, 1.807) is 7.11 Å². The van der Waals surface area contributed by atoms with Crippen molar-refractivity contribution in [1.82, 2.24) is 20.4 Å². The van der Waals surface area contributed by atoms with Gasteiger partial charge in [-0.15, -0.1) is 0 Å². The molecule has 43 heavy (non-hydrogen) atoms. The van der Waals surface area contributed by atoms with Gasteiger partial charge < -0.3 is 24.8 Å². The monoisotopic (exact) mass is 614 g/mol. The van der Waals surface area contributed by atoms with Crippen molar-refractivity contribution >= 4 is 17.7 Å². The highest BCUT2D eigenvalue weighted by Crippen LogP contribution is 2.25. The summed E-state index contributed by atoms with van der Waals surface area (Å²) in [4.78, 5) is 0. The number of rotatable bonds is 9. The maximum atomic E-state index is 6.61. The van der Waals surface area contributed by atoms with Crippen molar-refractivity contribution in [2.45, 2.75) is 85.1 Å². The Kier molecular flexibility index (Phi) is 15.3. The zero-order valence-electron chi connectivity index (χ0n) is 27.4. The highest BCUT2D eigenvalue weighted by atomic mass is 35.5. The Morgan fingerprint density at radius 3 is 2.63 bits per heavy atom. The molecule has 0 amide bonds. The number of methoxy groups -OCH3 is 1. The van der Waals surface area contributed by atoms with Gasteiger partial charge in [0.1, 0.15) is 5.75 Å². The maximum absolute atomic E-state index is 6.61. The second-order valence-corrected chi connectivity index (χ2v) is 13.2. The Bertz CT molecular complexity index is 1130. The molecule has 1 aromatic heterocycles. The summed E-state index contributed by atoms with van der Waals surface area (Å²) in [6, 6.07) is 6.65. The molecule has 5 atom stereocenters. The number of ether oxygens (including phenoxy) is 3. The third kappa shape index (κ3) is 12.8. The number of aromatic nitrogens is 2. The normalized spacial score (nSPS) is 24.9. The second kappa shape index (κ2) is 18.6. The topological polar surface area (TPSA) is 69.6 Å². The Morgan fingerprint density at radius 2 is 1.93 bits per heavy atom. The standard InChI is InChI=1S/C35H55ClN4O3/c1-25(2)16-32-24-43-34(28(6)11-12-30-20-39-40(22-30)26(3)4)10-8-9-15-38-31(21-37-19-27(5)23-42-32)17-29-13-14-35(41-7)33(36)18-29/h8-9,11-14,18,20,22,25-28,31-32,34,37-38H,10,15-17,19,21,23-24H2,1-7H3/b9-8+,12-11+/t27?,28-,31-,32+,34+/m1/s1. The van der Waals surface area contributed by atoms with Crippen molar-refractivity contribution in [2.75, 3.05) is 40.0 Å². The predicted octanol–water partition coefficient (Wildman–Crippen LogP) is 6.98. The molecule has 8 heteroatoms. The van der Waals surface area contributed by atoms with Gasteiger partial charge in [-0.05, 0) is 69.2 Å². The Labute approximate surface area is 265 Å². The van der Waals surface area contributed by atoms with E-state index in [1.807, 2.05) is 23.0 Å². The van der Waals surface area contributed by atoms with Gasteiger partial charge in [0, 0.05) is 42.9 Å². The van der Waals surface area contributed by atoms with Crippen LogP contribution in [-0.4, -0.2) is 68.0 Å². The van der Waals surface area contributed by atoms with E-state index in [9.17, 15) is 0 Å². The molecule has 2 heterocycles. The van der Waals surface area contributed by atoms with Crippen LogP contribution in [0.2, 0.25) is 5.02 Å². The molecule has 0 fully saturated rings. The summed E-state index contributed by atoms with van der Waals surface area (Å²) < 4.78 is 20.4. The molecule has 3 rings (SSSR count). The Balaban J connectivity index is 1.72. The number of nitrogens with one attached hydrogen (secondary N) is 2. The van der Waals surface area contributed by atoms with E-state index >= 15 is 0 Å². The first-order valence-corrected chi connectivity index (χ1v) is 16.4. The fourth-order valence-electron chi connectivity index (χ4n) is 5.23. The summed E-state index contributed by atoms with van der Waals surface area (Å²) in [7, 11) is 1.64. The van der Waals surface area contributed by atoms with E-state index in [0.29, 0.717) is 41.9 Å². The number of halogens is 1. The van der Waals surface area contributed by atoms with E-state index in [2.05, 4.69) is 93.8 Å². The highest BCUT2D eigenvalue weighted by molar-refractivity contribution is 6.32. The number of hydrogen-bond acceptors (Lipinski definition) is 6. The second-order valence-electron chi connectivity index (χ2n) is 12.8. The summed E-state index contributed by atoms with van der Waals surface area (Å²) in [6.45, 7) is 17.1. The number of benzene rings is 1. The molecule has 0 radical (unpaired) electrons. The summed E-state index contributed by atoms with van der Waals surface area (Å²) in [5, 5.41) is 12.5. The lowest BCUT2D eigenvalue weighted by Crippen LogP contribution is -2.42. The van der Waals surface area contributed by atoms with E-state index in [0.717, 1.165) is 44.5 Å². The van der Waals surface area contributed by atoms with Gasteiger partial charge in [-0.2, -0.15) is 5.10 Å². The molecule has 0 bridgehead atoms. The van der Waals surface area contributed by atoms with Crippen molar-refractivity contribution in [3.05, 3.63) is 65.0 Å². The van der Waals surface area contributed by atoms with Crippen LogP contribution in [0.4, 0.5) is 0 Å². The van der Waals surface area contributed by atoms with Crippen LogP contribution in [0.1, 0.15) is 71.6 Å². The zero-order chi connectivity index (χ0) is 31.2. The average molecular weight is 615 g/mol. The van der Waals surface area contributed by atoms with Crippen LogP contribution in [0.3, 0.4) is 0 Å². The van der Waals surface area contributed by atoms with E-state index < -0.39 is 0 Å². The molecule has 0 spiro atoms. The van der Waals surface area contributed by atoms with Crippen molar-refractivity contribution in [1.29, 1.82) is 0 Å². The van der Waals surface area contributed by atoms with Crippen LogP contribution in [0, 0.1) is 17.8 Å². The zero-order valence-corrected chi connectivity index (χ0v) is 28.1. The lowest BCUT2D eigenvalue weighted by Gasteiger charge is -2.27. The van der Waals surface area contributed by atoms with Crippen LogP contribution in [0.15, 0.2) is 48.8 Å². The van der Waals surface area contributed by atoms with Crippen LogP contribution < -0.4 is 15.4 Å². The molecule has 1 aromatic carbocycles. The largest absolute Gasteiger partial charge is 0.495 e. The SMILES string of the molecule is COc1ccc(C[C@@H]2CNCC(C)CO[C@@H](CC(C)C)CO[C@H]([C@H](C)/C=C/c3cnn(C(C)C)c3)C/C=C/CN2)cc1Cl. The van der Waals surface area contributed by atoms with Gasteiger partial charge in [-0.1, -0.05) is 69.7 Å². The lowest BCUT2D eigenvalue weighted by molar-refractivity contribution is -0.0658. The van der Waals surface area contributed by atoms with Crippen LogP contribution in [-0.2, 0) is 15.9 Å². The van der Waals surface area contributed by atoms with Crippen LogP contribution in [0.5, 0.6) is 5.75 Å². The summed E-state index contributed by atoms with van der Waals surface area (Å²) in [6.07, 6.45) is 15.7. The molecule has 2 aromatic rings. The van der Waals surface area contributed by atoms with Crippen molar-refractivity contribution in [3.8, 4) is 5.75 Å². The molecule has 1 unspecified atom stereocenters. The molecule has 7 nitrogen and oxygen atoms in total. The van der Waals surface area contributed by atoms with Gasteiger partial charge in [0.05, 0.1) is 43.8 Å².